The lowest BCUT2D eigenvalue weighted by atomic mass is 10.2. The van der Waals surface area contributed by atoms with Crippen LogP contribution in [0.3, 0.4) is 0 Å². The lowest BCUT2D eigenvalue weighted by molar-refractivity contribution is 0.384. The Kier molecular flexibility index (Phi) is 5.28. The van der Waals surface area contributed by atoms with E-state index in [4.69, 9.17) is 16.9 Å². The zero-order chi connectivity index (χ0) is 17.9. The van der Waals surface area contributed by atoms with Crippen molar-refractivity contribution in [3.8, 4) is 6.07 Å². The van der Waals surface area contributed by atoms with Crippen LogP contribution >= 0.6 is 11.6 Å². The second kappa shape index (κ2) is 7.44. The molecule has 2 aromatic rings. The normalized spacial score (nSPS) is 15.8. The van der Waals surface area contributed by atoms with Gasteiger partial charge in [-0.25, -0.2) is 8.42 Å². The minimum atomic E-state index is -3.59. The molecule has 7 heteroatoms. The molecule has 0 atom stereocenters. The van der Waals surface area contributed by atoms with E-state index in [2.05, 4.69) is 4.90 Å². The van der Waals surface area contributed by atoms with Crippen molar-refractivity contribution < 1.29 is 8.42 Å². The summed E-state index contributed by atoms with van der Waals surface area (Å²) in [6.45, 7) is 2.04. The average molecular weight is 376 g/mol. The summed E-state index contributed by atoms with van der Waals surface area (Å²) in [6, 6.07) is 16.3. The van der Waals surface area contributed by atoms with E-state index < -0.39 is 10.0 Å². The smallest absolute Gasteiger partial charge is 0.243 e. The number of nitriles is 1. The van der Waals surface area contributed by atoms with Gasteiger partial charge >= 0.3 is 0 Å². The molecule has 0 aromatic heterocycles. The van der Waals surface area contributed by atoms with E-state index in [0.717, 1.165) is 5.69 Å². The number of nitrogens with zero attached hydrogens (tertiary/aromatic N) is 3. The fourth-order valence-corrected chi connectivity index (χ4v) is 4.73. The van der Waals surface area contributed by atoms with Crippen LogP contribution in [0.25, 0.3) is 0 Å². The zero-order valence-corrected chi connectivity index (χ0v) is 15.2. The van der Waals surface area contributed by atoms with Gasteiger partial charge in [0.25, 0.3) is 0 Å². The first kappa shape index (κ1) is 17.7. The lowest BCUT2D eigenvalue weighted by Gasteiger charge is -2.35. The number of hydrogen-bond donors (Lipinski definition) is 0. The summed E-state index contributed by atoms with van der Waals surface area (Å²) in [5.41, 5.74) is 1.58. The summed E-state index contributed by atoms with van der Waals surface area (Å²) < 4.78 is 27.4. The third-order valence-corrected chi connectivity index (χ3v) is 6.54. The highest BCUT2D eigenvalue weighted by Gasteiger charge is 2.30. The van der Waals surface area contributed by atoms with Crippen molar-refractivity contribution in [3.63, 3.8) is 0 Å². The van der Waals surface area contributed by atoms with Crippen molar-refractivity contribution >= 4 is 27.3 Å². The molecule has 130 valence electrons. The summed E-state index contributed by atoms with van der Waals surface area (Å²) in [5.74, 6) is 0. The van der Waals surface area contributed by atoms with Gasteiger partial charge in [0, 0.05) is 36.9 Å². The molecule has 0 N–H and O–H groups in total. The van der Waals surface area contributed by atoms with Crippen LogP contribution in [0.5, 0.6) is 0 Å². The maximum Gasteiger partial charge on any atom is 0.243 e. The molecule has 0 bridgehead atoms. The first-order chi connectivity index (χ1) is 12.0. The summed E-state index contributed by atoms with van der Waals surface area (Å²) >= 11 is 5.91. The molecular formula is C18H18ClN3O2S. The Bertz CT molecular complexity index is 883. The Labute approximate surface area is 153 Å². The molecule has 5 nitrogen and oxygen atoms in total. The van der Waals surface area contributed by atoms with Crippen molar-refractivity contribution in [3.05, 3.63) is 59.1 Å². The summed E-state index contributed by atoms with van der Waals surface area (Å²) in [6.07, 6.45) is 0.0835. The van der Waals surface area contributed by atoms with Crippen LogP contribution in [0.4, 0.5) is 5.69 Å². The summed E-state index contributed by atoms with van der Waals surface area (Å²) in [7, 11) is -3.59. The van der Waals surface area contributed by atoms with Crippen molar-refractivity contribution in [2.75, 3.05) is 31.1 Å². The molecule has 1 fully saturated rings. The average Bonchev–Trinajstić information content (AvgIpc) is 2.63. The highest BCUT2D eigenvalue weighted by molar-refractivity contribution is 7.89. The minimum absolute atomic E-state index is 0.0835. The molecule has 3 rings (SSSR count). The van der Waals surface area contributed by atoms with Crippen molar-refractivity contribution in [2.24, 2.45) is 0 Å². The Morgan fingerprint density at radius 1 is 1.00 bits per heavy atom. The number of rotatable bonds is 4. The molecule has 1 aliphatic heterocycles. The van der Waals surface area contributed by atoms with E-state index in [-0.39, 0.29) is 11.3 Å². The maximum absolute atomic E-state index is 13.0. The van der Waals surface area contributed by atoms with Crippen molar-refractivity contribution in [1.82, 2.24) is 4.31 Å². The fourth-order valence-electron chi connectivity index (χ4n) is 2.96. The standard InChI is InChI=1S/C18H18ClN3O2S/c19-16-5-7-17(8-6-16)21-11-13-22(14-12-21)25(23,24)18-4-2-1-3-15(18)9-10-20/h1-8H,9,11-14H2. The second-order valence-corrected chi connectivity index (χ2v) is 8.15. The molecular weight excluding hydrogens is 358 g/mol. The fraction of sp³-hybridized carbons (Fsp3) is 0.278. The largest absolute Gasteiger partial charge is 0.369 e. The maximum atomic E-state index is 13.0. The van der Waals surface area contributed by atoms with Crippen LogP contribution in [0.15, 0.2) is 53.4 Å². The van der Waals surface area contributed by atoms with E-state index in [1.807, 2.05) is 30.3 Å². The Morgan fingerprint density at radius 2 is 1.64 bits per heavy atom. The molecule has 1 aliphatic rings. The lowest BCUT2D eigenvalue weighted by Crippen LogP contribution is -2.48. The SMILES string of the molecule is N#CCc1ccccc1S(=O)(=O)N1CCN(c2ccc(Cl)cc2)CC1. The summed E-state index contributed by atoms with van der Waals surface area (Å²) in [5, 5.41) is 9.61. The molecule has 0 aliphatic carbocycles. The van der Waals surface area contributed by atoms with Gasteiger partial charge in [-0.2, -0.15) is 9.57 Å². The first-order valence-corrected chi connectivity index (χ1v) is 9.79. The molecule has 25 heavy (non-hydrogen) atoms. The van der Waals surface area contributed by atoms with Gasteiger partial charge in [0.05, 0.1) is 17.4 Å². The molecule has 0 radical (unpaired) electrons. The summed E-state index contributed by atoms with van der Waals surface area (Å²) in [4.78, 5) is 2.38. The van der Waals surface area contributed by atoms with Crippen molar-refractivity contribution in [2.45, 2.75) is 11.3 Å². The van der Waals surface area contributed by atoms with E-state index in [9.17, 15) is 8.42 Å². The van der Waals surface area contributed by atoms with Crippen LogP contribution in [0, 0.1) is 11.3 Å². The van der Waals surface area contributed by atoms with Gasteiger partial charge in [-0.1, -0.05) is 29.8 Å². The Balaban J connectivity index is 1.76. The number of benzene rings is 2. The highest BCUT2D eigenvalue weighted by atomic mass is 35.5. The molecule has 2 aromatic carbocycles. The van der Waals surface area contributed by atoms with Gasteiger partial charge in [0.15, 0.2) is 0 Å². The predicted octanol–water partition coefficient (Wildman–Crippen LogP) is 2.92. The zero-order valence-electron chi connectivity index (χ0n) is 13.6. The van der Waals surface area contributed by atoms with E-state index >= 15 is 0 Å². The van der Waals surface area contributed by atoms with Crippen LogP contribution in [-0.2, 0) is 16.4 Å². The third-order valence-electron chi connectivity index (χ3n) is 4.29. The van der Waals surface area contributed by atoms with Gasteiger partial charge < -0.3 is 4.90 Å². The number of anilines is 1. The van der Waals surface area contributed by atoms with Gasteiger partial charge in [0.2, 0.25) is 10.0 Å². The van der Waals surface area contributed by atoms with Crippen molar-refractivity contribution in [1.29, 1.82) is 5.26 Å². The Hall–Kier alpha value is -2.07. The van der Waals surface area contributed by atoms with Gasteiger partial charge in [-0.05, 0) is 35.9 Å². The molecule has 0 unspecified atom stereocenters. The number of piperazine rings is 1. The molecule has 0 spiro atoms. The van der Waals surface area contributed by atoms with Crippen LogP contribution in [0.1, 0.15) is 5.56 Å². The predicted molar refractivity (Wildman–Crippen MR) is 98.2 cm³/mol. The quantitative estimate of drug-likeness (QED) is 0.824. The number of sulfonamides is 1. The number of hydrogen-bond acceptors (Lipinski definition) is 4. The first-order valence-electron chi connectivity index (χ1n) is 7.98. The molecule has 1 heterocycles. The molecule has 0 saturated carbocycles. The monoisotopic (exact) mass is 375 g/mol. The van der Waals surface area contributed by atoms with Crippen LogP contribution in [-0.4, -0.2) is 38.9 Å². The van der Waals surface area contributed by atoms with E-state index in [0.29, 0.717) is 36.8 Å². The highest BCUT2D eigenvalue weighted by Crippen LogP contribution is 2.24. The van der Waals surface area contributed by atoms with Crippen LogP contribution in [0.2, 0.25) is 5.02 Å². The molecule has 1 saturated heterocycles. The van der Waals surface area contributed by atoms with Crippen LogP contribution < -0.4 is 4.90 Å². The van der Waals surface area contributed by atoms with Gasteiger partial charge in [-0.3, -0.25) is 0 Å². The van der Waals surface area contributed by atoms with E-state index in [1.165, 1.54) is 4.31 Å². The Morgan fingerprint density at radius 3 is 2.28 bits per heavy atom. The molecule has 0 amide bonds. The van der Waals surface area contributed by atoms with Gasteiger partial charge in [0.1, 0.15) is 0 Å². The third kappa shape index (κ3) is 3.79. The van der Waals surface area contributed by atoms with Gasteiger partial charge in [-0.15, -0.1) is 0 Å². The van der Waals surface area contributed by atoms with E-state index in [1.54, 1.807) is 24.3 Å². The second-order valence-electron chi connectivity index (χ2n) is 5.81. The minimum Gasteiger partial charge on any atom is -0.369 e. The number of halogens is 1. The topological polar surface area (TPSA) is 64.4 Å².